The average molecular weight is 340 g/mol. The Balaban J connectivity index is 2.29. The number of nitro benzene ring substituents is 1. The van der Waals surface area contributed by atoms with Crippen molar-refractivity contribution in [1.29, 1.82) is 0 Å². The van der Waals surface area contributed by atoms with Crippen molar-refractivity contribution in [3.8, 4) is 5.75 Å². The van der Waals surface area contributed by atoms with Crippen LogP contribution in [0, 0.1) is 24.0 Å². The molecule has 0 saturated carbocycles. The minimum atomic E-state index is -0.635. The van der Waals surface area contributed by atoms with Crippen LogP contribution in [0.15, 0.2) is 46.5 Å². The number of nitrogens with zero attached hydrogens (tertiary/aromatic N) is 3. The number of hydrazone groups is 1. The summed E-state index contributed by atoms with van der Waals surface area (Å²) in [6.45, 7) is 3.73. The van der Waals surface area contributed by atoms with Crippen LogP contribution in [0.5, 0.6) is 5.75 Å². The van der Waals surface area contributed by atoms with E-state index in [0.717, 1.165) is 23.4 Å². The average Bonchev–Trinajstić information content (AvgIpc) is 2.55. The summed E-state index contributed by atoms with van der Waals surface area (Å²) in [5.74, 6) is 4.47. The molecule has 0 aliphatic rings. The van der Waals surface area contributed by atoms with Crippen LogP contribution in [0.2, 0.25) is 0 Å². The molecule has 0 radical (unpaired) electrons. The lowest BCUT2D eigenvalue weighted by molar-refractivity contribution is -0.384. The molecule has 0 aromatic heterocycles. The van der Waals surface area contributed by atoms with E-state index in [-0.39, 0.29) is 22.8 Å². The van der Waals surface area contributed by atoms with Gasteiger partial charge in [0, 0.05) is 11.6 Å². The number of phenols is 1. The molecule has 128 valence electrons. The van der Waals surface area contributed by atoms with Gasteiger partial charge in [-0.1, -0.05) is 17.2 Å². The normalized spacial score (nSPS) is 11.7. The second-order valence-corrected chi connectivity index (χ2v) is 5.41. The fourth-order valence-corrected chi connectivity index (χ4v) is 2.27. The van der Waals surface area contributed by atoms with Gasteiger partial charge in [0.05, 0.1) is 17.2 Å². The van der Waals surface area contributed by atoms with E-state index in [1.54, 1.807) is 12.1 Å². The third-order valence-electron chi connectivity index (χ3n) is 3.35. The number of hydrogen-bond acceptors (Lipinski definition) is 7. The van der Waals surface area contributed by atoms with Gasteiger partial charge in [-0.3, -0.25) is 19.9 Å². The molecular weight excluding hydrogens is 324 g/mol. The van der Waals surface area contributed by atoms with Crippen LogP contribution in [0.1, 0.15) is 21.5 Å². The second kappa shape index (κ2) is 7.35. The molecule has 0 aliphatic heterocycles. The lowest BCUT2D eigenvalue weighted by Gasteiger charge is -2.04. The molecule has 0 atom stereocenters. The Labute approximate surface area is 143 Å². The first-order valence-electron chi connectivity index (χ1n) is 7.24. The van der Waals surface area contributed by atoms with Crippen LogP contribution < -0.4 is 5.84 Å². The minimum Gasteiger partial charge on any atom is -0.505 e. The van der Waals surface area contributed by atoms with Gasteiger partial charge in [0.2, 0.25) is 5.78 Å². The topological polar surface area (TPSA) is 131 Å². The first kappa shape index (κ1) is 17.8. The maximum absolute atomic E-state index is 12.5. The number of aryl methyl sites for hydroxylation is 2. The van der Waals surface area contributed by atoms with Crippen molar-refractivity contribution in [2.75, 3.05) is 0 Å². The molecule has 0 aliphatic carbocycles. The maximum atomic E-state index is 12.5. The third-order valence-corrected chi connectivity index (χ3v) is 3.35. The number of hydrogen-bond donors (Lipinski definition) is 2. The van der Waals surface area contributed by atoms with Crippen molar-refractivity contribution in [2.45, 2.75) is 13.8 Å². The highest BCUT2D eigenvalue weighted by Crippen LogP contribution is 2.29. The van der Waals surface area contributed by atoms with E-state index in [0.29, 0.717) is 5.56 Å². The molecule has 0 unspecified atom stereocenters. The molecule has 0 spiro atoms. The van der Waals surface area contributed by atoms with Crippen molar-refractivity contribution >= 4 is 29.1 Å². The SMILES string of the molecule is Cc1cc(C)cc(C(=O)C(C=Nc2ccc([N+](=O)[O-])cc2O)=NN)c1. The lowest BCUT2D eigenvalue weighted by Crippen LogP contribution is -2.18. The van der Waals surface area contributed by atoms with E-state index in [1.165, 1.54) is 12.1 Å². The summed E-state index contributed by atoms with van der Waals surface area (Å²) in [5, 5.41) is 23.9. The summed E-state index contributed by atoms with van der Waals surface area (Å²) >= 11 is 0. The molecule has 2 aromatic rings. The van der Waals surface area contributed by atoms with Crippen molar-refractivity contribution in [1.82, 2.24) is 0 Å². The van der Waals surface area contributed by atoms with E-state index >= 15 is 0 Å². The Bertz CT molecular complexity index is 883. The zero-order valence-corrected chi connectivity index (χ0v) is 13.6. The fourth-order valence-electron chi connectivity index (χ4n) is 2.27. The molecule has 2 rings (SSSR count). The predicted octanol–water partition coefficient (Wildman–Crippen LogP) is 2.82. The van der Waals surface area contributed by atoms with Crippen molar-refractivity contribution in [3.05, 3.63) is 63.2 Å². The maximum Gasteiger partial charge on any atom is 0.273 e. The van der Waals surface area contributed by atoms with E-state index in [1.807, 2.05) is 19.9 Å². The fraction of sp³-hybridized carbons (Fsp3) is 0.118. The molecule has 0 saturated heterocycles. The Morgan fingerprint density at radius 3 is 2.36 bits per heavy atom. The van der Waals surface area contributed by atoms with Crippen molar-refractivity contribution < 1.29 is 14.8 Å². The first-order valence-corrected chi connectivity index (χ1v) is 7.24. The summed E-state index contributed by atoms with van der Waals surface area (Å²) in [6.07, 6.45) is 1.11. The van der Waals surface area contributed by atoms with Crippen LogP contribution in [0.3, 0.4) is 0 Å². The van der Waals surface area contributed by atoms with Crippen LogP contribution >= 0.6 is 0 Å². The van der Waals surface area contributed by atoms with Gasteiger partial charge in [-0.05, 0) is 32.0 Å². The smallest absolute Gasteiger partial charge is 0.273 e. The van der Waals surface area contributed by atoms with Crippen LogP contribution in [-0.2, 0) is 0 Å². The quantitative estimate of drug-likeness (QED) is 0.284. The molecule has 25 heavy (non-hydrogen) atoms. The number of phenolic OH excluding ortho intramolecular Hbond substituents is 1. The summed E-state index contributed by atoms with van der Waals surface area (Å²) < 4.78 is 0. The number of benzene rings is 2. The molecule has 8 nitrogen and oxygen atoms in total. The Morgan fingerprint density at radius 1 is 1.20 bits per heavy atom. The minimum absolute atomic E-state index is 0.0555. The highest BCUT2D eigenvalue weighted by molar-refractivity contribution is 6.64. The summed E-state index contributed by atoms with van der Waals surface area (Å²) in [6, 6.07) is 8.77. The standard InChI is InChI=1S/C17H16N4O4/c1-10-5-11(2)7-12(6-10)17(23)15(20-18)9-19-14-4-3-13(21(24)25)8-16(14)22/h3-9,22H,18H2,1-2H3. The van der Waals surface area contributed by atoms with E-state index in [4.69, 9.17) is 5.84 Å². The number of non-ortho nitro benzene ring substituents is 1. The first-order chi connectivity index (χ1) is 11.8. The Kier molecular flexibility index (Phi) is 5.23. The molecular formula is C17H16N4O4. The number of ketones is 1. The number of nitro groups is 1. The highest BCUT2D eigenvalue weighted by Gasteiger charge is 2.14. The highest BCUT2D eigenvalue weighted by atomic mass is 16.6. The van der Waals surface area contributed by atoms with E-state index < -0.39 is 10.7 Å². The molecule has 2 aromatic carbocycles. The number of carbonyl (C=O) groups is 1. The molecule has 8 heteroatoms. The predicted molar refractivity (Wildman–Crippen MR) is 94.8 cm³/mol. The van der Waals surface area contributed by atoms with Crippen LogP contribution in [0.4, 0.5) is 11.4 Å². The van der Waals surface area contributed by atoms with Gasteiger partial charge in [0.25, 0.3) is 5.69 Å². The zero-order valence-electron chi connectivity index (χ0n) is 13.6. The van der Waals surface area contributed by atoms with Gasteiger partial charge in [-0.25, -0.2) is 0 Å². The summed E-state index contributed by atoms with van der Waals surface area (Å²) in [5.41, 5.74) is 1.94. The van der Waals surface area contributed by atoms with E-state index in [2.05, 4.69) is 10.1 Å². The van der Waals surface area contributed by atoms with Gasteiger partial charge in [0.1, 0.15) is 17.1 Å². The monoisotopic (exact) mass is 340 g/mol. The molecule has 0 heterocycles. The van der Waals surface area contributed by atoms with Crippen molar-refractivity contribution in [3.63, 3.8) is 0 Å². The Morgan fingerprint density at radius 2 is 1.84 bits per heavy atom. The zero-order chi connectivity index (χ0) is 18.6. The lowest BCUT2D eigenvalue weighted by atomic mass is 10.0. The largest absolute Gasteiger partial charge is 0.505 e. The molecule has 0 amide bonds. The van der Waals surface area contributed by atoms with E-state index in [9.17, 15) is 20.0 Å². The van der Waals surface area contributed by atoms with Gasteiger partial charge in [-0.15, -0.1) is 0 Å². The van der Waals surface area contributed by atoms with Crippen molar-refractivity contribution in [2.24, 2.45) is 15.9 Å². The molecule has 3 N–H and O–H groups in total. The summed E-state index contributed by atoms with van der Waals surface area (Å²) in [4.78, 5) is 26.4. The van der Waals surface area contributed by atoms with Crippen LogP contribution in [0.25, 0.3) is 0 Å². The number of aliphatic imine (C=N–C) groups is 1. The van der Waals surface area contributed by atoms with Gasteiger partial charge < -0.3 is 10.9 Å². The van der Waals surface area contributed by atoms with Crippen LogP contribution in [-0.4, -0.2) is 27.7 Å². The second-order valence-electron chi connectivity index (χ2n) is 5.41. The number of carbonyl (C=O) groups excluding carboxylic acids is 1. The number of aromatic hydroxyl groups is 1. The molecule has 0 fully saturated rings. The Hall–Kier alpha value is -3.55. The molecule has 0 bridgehead atoms. The number of rotatable bonds is 5. The van der Waals surface area contributed by atoms with Gasteiger partial charge in [-0.2, -0.15) is 5.10 Å². The van der Waals surface area contributed by atoms with Gasteiger partial charge >= 0.3 is 0 Å². The van der Waals surface area contributed by atoms with Gasteiger partial charge in [0.15, 0.2) is 0 Å². The third kappa shape index (κ3) is 4.25. The summed E-state index contributed by atoms with van der Waals surface area (Å²) in [7, 11) is 0. The number of nitrogens with two attached hydrogens (primary N) is 1. The number of Topliss-reactive ketones (excluding diaryl/α,β-unsaturated/α-hetero) is 1.